The van der Waals surface area contributed by atoms with Crippen LogP contribution in [0.1, 0.15) is 25.0 Å². The van der Waals surface area contributed by atoms with Crippen molar-refractivity contribution in [1.82, 2.24) is 10.6 Å². The molecule has 40 heavy (non-hydrogen) atoms. The lowest BCUT2D eigenvalue weighted by Gasteiger charge is -2.22. The van der Waals surface area contributed by atoms with Crippen molar-refractivity contribution in [3.8, 4) is 11.5 Å². The molecule has 11 heteroatoms. The van der Waals surface area contributed by atoms with Gasteiger partial charge in [0, 0.05) is 16.0 Å². The van der Waals surface area contributed by atoms with Crippen LogP contribution in [0.4, 0.5) is 0 Å². The monoisotopic (exact) mass is 584 g/mol. The van der Waals surface area contributed by atoms with Crippen LogP contribution in [-0.2, 0) is 31.4 Å². The summed E-state index contributed by atoms with van der Waals surface area (Å²) in [7, 11) is 3.00. The second kappa shape index (κ2) is 14.5. The van der Waals surface area contributed by atoms with E-state index in [-0.39, 0.29) is 23.8 Å². The highest BCUT2D eigenvalue weighted by Gasteiger charge is 2.27. The van der Waals surface area contributed by atoms with Crippen molar-refractivity contribution >= 4 is 56.8 Å². The summed E-state index contributed by atoms with van der Waals surface area (Å²) in [6, 6.07) is 12.0. The number of allylic oxidation sites excluding steroid dienone is 1. The van der Waals surface area contributed by atoms with Crippen LogP contribution in [0.5, 0.6) is 11.5 Å². The van der Waals surface area contributed by atoms with Crippen molar-refractivity contribution in [2.75, 3.05) is 20.0 Å². The van der Waals surface area contributed by atoms with Crippen LogP contribution in [0, 0.1) is 5.92 Å². The molecule has 0 unspecified atom stereocenters. The molecule has 3 N–H and O–H groups in total. The first kappa shape index (κ1) is 30.7. The van der Waals surface area contributed by atoms with Crippen LogP contribution in [0.2, 0.25) is 0 Å². The van der Waals surface area contributed by atoms with Gasteiger partial charge in [-0.05, 0) is 46.5 Å². The first-order chi connectivity index (χ1) is 19.1. The number of ether oxygens (including phenoxy) is 2. The Balaban J connectivity index is 1.65. The van der Waals surface area contributed by atoms with E-state index in [0.29, 0.717) is 28.9 Å². The van der Waals surface area contributed by atoms with Crippen LogP contribution in [0.25, 0.3) is 10.1 Å². The largest absolute Gasteiger partial charge is 0.497 e. The molecule has 0 fully saturated rings. The van der Waals surface area contributed by atoms with Crippen LogP contribution >= 0.6 is 23.1 Å². The molecule has 0 saturated heterocycles. The van der Waals surface area contributed by atoms with Gasteiger partial charge >= 0.3 is 5.97 Å². The van der Waals surface area contributed by atoms with E-state index >= 15 is 0 Å². The zero-order valence-electron chi connectivity index (χ0n) is 22.7. The van der Waals surface area contributed by atoms with Crippen LogP contribution in [0.3, 0.4) is 0 Å². The van der Waals surface area contributed by atoms with Crippen LogP contribution in [0.15, 0.2) is 59.6 Å². The van der Waals surface area contributed by atoms with E-state index in [1.54, 1.807) is 43.4 Å². The third-order valence-corrected chi connectivity index (χ3v) is 7.98. The van der Waals surface area contributed by atoms with Crippen molar-refractivity contribution in [2.45, 2.75) is 32.1 Å². The highest BCUT2D eigenvalue weighted by Crippen LogP contribution is 2.29. The smallest absolute Gasteiger partial charge is 0.330 e. The van der Waals surface area contributed by atoms with Crippen molar-refractivity contribution in [3.63, 3.8) is 0 Å². The Morgan fingerprint density at radius 2 is 1.80 bits per heavy atom. The van der Waals surface area contributed by atoms with Crippen molar-refractivity contribution in [1.29, 1.82) is 0 Å². The minimum absolute atomic E-state index is 0.0299. The normalized spacial score (nSPS) is 12.2. The number of Topliss-reactive ketones (excluding diaryl/α,β-unsaturated/α-hetero) is 1. The molecule has 0 aliphatic heterocycles. The number of thioether (sulfide) groups is 1. The van der Waals surface area contributed by atoms with Gasteiger partial charge in [-0.3, -0.25) is 14.4 Å². The maximum Gasteiger partial charge on any atom is 0.330 e. The van der Waals surface area contributed by atoms with Gasteiger partial charge in [0.15, 0.2) is 5.78 Å². The van der Waals surface area contributed by atoms with Gasteiger partial charge in [-0.2, -0.15) is 0 Å². The molecule has 1 aromatic heterocycles. The molecule has 1 atom stereocenters. The standard InChI is InChI=1S/C29H32N2O7S2/c1-17(2)28(31-26(33)12-18-11-20(37-3)9-10-24(18)38-4)29(36)30-22(13-27(34)35)23(32)16-39-14-19-15-40-25-8-6-5-7-21(19)25/h5-11,13,15,17,28H,12,14,16H2,1-4H3,(H,30,36)(H,31,33)(H,34,35)/b22-13+/t28-/m0/s1. The number of hydrogen-bond acceptors (Lipinski definition) is 8. The molecule has 0 spiro atoms. The van der Waals surface area contributed by atoms with Gasteiger partial charge in [0.2, 0.25) is 11.8 Å². The molecule has 0 saturated carbocycles. The Morgan fingerprint density at radius 3 is 2.48 bits per heavy atom. The molecule has 0 aliphatic carbocycles. The Bertz CT molecular complexity index is 1410. The molecule has 2 amide bonds. The van der Waals surface area contributed by atoms with Gasteiger partial charge in [-0.25, -0.2) is 4.79 Å². The predicted molar refractivity (Wildman–Crippen MR) is 157 cm³/mol. The SMILES string of the molecule is COc1ccc(OC)c(CC(=O)N[C@H](C(=O)N/C(=C/C(=O)O)C(=O)CSCc2csc3ccccc23)C(C)C)c1. The first-order valence-electron chi connectivity index (χ1n) is 12.4. The molecule has 2 aromatic carbocycles. The number of thiophene rings is 1. The molecule has 0 bridgehead atoms. The topological polar surface area (TPSA) is 131 Å². The summed E-state index contributed by atoms with van der Waals surface area (Å²) in [6.45, 7) is 3.47. The first-order valence-corrected chi connectivity index (χ1v) is 14.5. The molecule has 3 rings (SSSR count). The summed E-state index contributed by atoms with van der Waals surface area (Å²) in [5.41, 5.74) is 1.32. The number of methoxy groups -OCH3 is 2. The predicted octanol–water partition coefficient (Wildman–Crippen LogP) is 4.19. The number of amides is 2. The van der Waals surface area contributed by atoms with E-state index in [4.69, 9.17) is 9.47 Å². The number of aliphatic carboxylic acids is 1. The molecule has 9 nitrogen and oxygen atoms in total. The third kappa shape index (κ3) is 8.33. The summed E-state index contributed by atoms with van der Waals surface area (Å²) in [6.07, 6.45) is 0.600. The summed E-state index contributed by atoms with van der Waals surface area (Å²) in [4.78, 5) is 50.4. The number of rotatable bonds is 14. The number of benzene rings is 2. The fourth-order valence-electron chi connectivity index (χ4n) is 3.95. The zero-order chi connectivity index (χ0) is 29.2. The molecule has 3 aromatic rings. The fraction of sp³-hybridized carbons (Fsp3) is 0.310. The minimum Gasteiger partial charge on any atom is -0.497 e. The van der Waals surface area contributed by atoms with Gasteiger partial charge in [0.05, 0.1) is 38.2 Å². The highest BCUT2D eigenvalue weighted by molar-refractivity contribution is 7.99. The number of carbonyl (C=O) groups is 4. The van der Waals surface area contributed by atoms with E-state index < -0.39 is 29.6 Å². The minimum atomic E-state index is -1.37. The van der Waals surface area contributed by atoms with Crippen LogP contribution in [-0.4, -0.2) is 54.7 Å². The van der Waals surface area contributed by atoms with Crippen molar-refractivity contribution < 1.29 is 33.8 Å². The van der Waals surface area contributed by atoms with Gasteiger partial charge in [0.25, 0.3) is 0 Å². The number of ketones is 1. The van der Waals surface area contributed by atoms with Crippen molar-refractivity contribution in [2.24, 2.45) is 5.92 Å². The summed E-state index contributed by atoms with van der Waals surface area (Å²) >= 11 is 2.95. The average Bonchev–Trinajstić information content (AvgIpc) is 3.33. The Labute approximate surface area is 240 Å². The number of fused-ring (bicyclic) bond motifs is 1. The number of nitrogens with one attached hydrogen (secondary N) is 2. The highest BCUT2D eigenvalue weighted by atomic mass is 32.2. The Morgan fingerprint density at radius 1 is 1.05 bits per heavy atom. The summed E-state index contributed by atoms with van der Waals surface area (Å²) in [5.74, 6) is -1.81. The van der Waals surface area contributed by atoms with Crippen molar-refractivity contribution in [3.05, 3.63) is 70.7 Å². The van der Waals surface area contributed by atoms with Gasteiger partial charge in [-0.1, -0.05) is 32.0 Å². The molecule has 1 heterocycles. The molecule has 0 aliphatic rings. The fourth-order valence-corrected chi connectivity index (χ4v) is 5.92. The Kier molecular flexibility index (Phi) is 11.2. The molecule has 212 valence electrons. The number of carboxylic acids is 1. The number of hydrogen-bond donors (Lipinski definition) is 3. The molecule has 0 radical (unpaired) electrons. The van der Waals surface area contributed by atoms with E-state index in [2.05, 4.69) is 10.6 Å². The quantitative estimate of drug-likeness (QED) is 0.241. The second-order valence-corrected chi connectivity index (χ2v) is 11.1. The number of carbonyl (C=O) groups excluding carboxylic acids is 3. The maximum atomic E-state index is 13.1. The van der Waals surface area contributed by atoms with Gasteiger partial charge in [0.1, 0.15) is 17.5 Å². The van der Waals surface area contributed by atoms with E-state index in [1.807, 2.05) is 29.6 Å². The summed E-state index contributed by atoms with van der Waals surface area (Å²) < 4.78 is 11.7. The summed E-state index contributed by atoms with van der Waals surface area (Å²) in [5, 5.41) is 17.6. The Hall–Kier alpha value is -3.83. The maximum absolute atomic E-state index is 13.1. The third-order valence-electron chi connectivity index (χ3n) is 5.98. The lowest BCUT2D eigenvalue weighted by atomic mass is 10.0. The second-order valence-electron chi connectivity index (χ2n) is 9.20. The molecular formula is C29H32N2O7S2. The average molecular weight is 585 g/mol. The lowest BCUT2D eigenvalue weighted by Crippen LogP contribution is -2.50. The number of carboxylic acid groups (broad SMARTS) is 1. The van der Waals surface area contributed by atoms with Gasteiger partial charge < -0.3 is 25.2 Å². The van der Waals surface area contributed by atoms with E-state index in [9.17, 15) is 24.3 Å². The van der Waals surface area contributed by atoms with E-state index in [1.165, 1.54) is 26.0 Å². The zero-order valence-corrected chi connectivity index (χ0v) is 24.3. The van der Waals surface area contributed by atoms with Crippen LogP contribution < -0.4 is 20.1 Å². The van der Waals surface area contributed by atoms with E-state index in [0.717, 1.165) is 15.6 Å². The molecular weight excluding hydrogens is 552 g/mol. The lowest BCUT2D eigenvalue weighted by molar-refractivity contribution is -0.132. The van der Waals surface area contributed by atoms with Gasteiger partial charge in [-0.15, -0.1) is 23.1 Å².